The number of para-hydroxylation sites is 1. The summed E-state index contributed by atoms with van der Waals surface area (Å²) in [7, 11) is 0. The summed E-state index contributed by atoms with van der Waals surface area (Å²) in [5, 5.41) is 14.6. The minimum absolute atomic E-state index is 0.163. The summed E-state index contributed by atoms with van der Waals surface area (Å²) in [5.41, 5.74) is 1.60. The maximum Gasteiger partial charge on any atom is 0.269 e. The van der Waals surface area contributed by atoms with E-state index < -0.39 is 45.8 Å². The molecular formula is C33H22ClN3O5. The van der Waals surface area contributed by atoms with Crippen molar-refractivity contribution in [2.24, 2.45) is 5.92 Å². The van der Waals surface area contributed by atoms with Crippen molar-refractivity contribution in [3.05, 3.63) is 146 Å². The van der Waals surface area contributed by atoms with Gasteiger partial charge in [0.15, 0.2) is 11.6 Å². The normalized spacial score (nSPS) is 23.2. The number of anilines is 1. The molecule has 42 heavy (non-hydrogen) atoms. The van der Waals surface area contributed by atoms with Crippen molar-refractivity contribution >= 4 is 46.5 Å². The quantitative estimate of drug-likeness (QED) is 0.172. The number of hydrogen-bond donors (Lipinski definition) is 1. The molecule has 1 amide bonds. The van der Waals surface area contributed by atoms with Gasteiger partial charge in [0.2, 0.25) is 5.91 Å². The van der Waals surface area contributed by atoms with Gasteiger partial charge in [-0.25, -0.2) is 0 Å². The number of nitrogens with one attached hydrogen (secondary N) is 1. The largest absolute Gasteiger partial charge is 0.358 e. The Morgan fingerprint density at radius 2 is 1.57 bits per heavy atom. The zero-order valence-electron chi connectivity index (χ0n) is 21.9. The Kier molecular flexibility index (Phi) is 5.85. The number of fused-ring (bicyclic) bond motifs is 6. The van der Waals surface area contributed by atoms with Gasteiger partial charge in [-0.05, 0) is 53.1 Å². The standard InChI is InChI=1S/C33H22ClN3O5/c34-25-11-5-3-9-23(25)30(39)28-27(29(38)20-13-15-21(16-14-20)37(41)42)33(24-10-4-6-12-26(24)35-32(33)40)31-22-8-2-1-7-19(22)17-18-36(28)31/h1-18,27-28,31H,(H,35,40)/t27-,28+,31+,33+/m1/s1. The van der Waals surface area contributed by atoms with Crippen LogP contribution in [0.5, 0.6) is 0 Å². The van der Waals surface area contributed by atoms with Crippen LogP contribution in [0.2, 0.25) is 5.02 Å². The summed E-state index contributed by atoms with van der Waals surface area (Å²) >= 11 is 6.52. The van der Waals surface area contributed by atoms with Gasteiger partial charge < -0.3 is 10.2 Å². The third kappa shape index (κ3) is 3.51. The van der Waals surface area contributed by atoms with Crippen LogP contribution in [-0.4, -0.2) is 33.3 Å². The van der Waals surface area contributed by atoms with Gasteiger partial charge in [0.1, 0.15) is 11.5 Å². The van der Waals surface area contributed by atoms with E-state index >= 15 is 0 Å². The van der Waals surface area contributed by atoms with E-state index in [0.717, 1.165) is 11.1 Å². The highest BCUT2D eigenvalue weighted by atomic mass is 35.5. The number of ketones is 2. The van der Waals surface area contributed by atoms with E-state index in [9.17, 15) is 24.5 Å². The first kappa shape index (κ1) is 25.9. The van der Waals surface area contributed by atoms with E-state index in [1.54, 1.807) is 42.6 Å². The molecule has 4 atom stereocenters. The lowest BCUT2D eigenvalue weighted by molar-refractivity contribution is -0.384. The van der Waals surface area contributed by atoms with Gasteiger partial charge in [-0.1, -0.05) is 66.2 Å². The molecule has 0 bridgehead atoms. The number of benzene rings is 4. The fraction of sp³-hybridized carbons (Fsp3) is 0.121. The minimum atomic E-state index is -1.50. The van der Waals surface area contributed by atoms with E-state index in [1.807, 2.05) is 47.4 Å². The van der Waals surface area contributed by atoms with Crippen molar-refractivity contribution in [1.29, 1.82) is 0 Å². The average molecular weight is 576 g/mol. The monoisotopic (exact) mass is 575 g/mol. The Labute approximate surface area is 245 Å². The molecule has 0 aliphatic carbocycles. The molecule has 0 saturated carbocycles. The molecule has 9 heteroatoms. The van der Waals surface area contributed by atoms with Gasteiger partial charge in [0.25, 0.3) is 5.69 Å². The molecule has 4 aromatic carbocycles. The van der Waals surface area contributed by atoms with E-state index in [4.69, 9.17) is 11.6 Å². The number of non-ortho nitro benzene ring substituents is 1. The molecule has 1 spiro atoms. The zero-order chi connectivity index (χ0) is 29.2. The van der Waals surface area contributed by atoms with E-state index in [-0.39, 0.29) is 21.8 Å². The van der Waals surface area contributed by atoms with Crippen LogP contribution >= 0.6 is 11.6 Å². The lowest BCUT2D eigenvalue weighted by atomic mass is 9.62. The molecule has 206 valence electrons. The molecular weight excluding hydrogens is 554 g/mol. The maximum atomic E-state index is 14.7. The van der Waals surface area contributed by atoms with Crippen LogP contribution < -0.4 is 5.32 Å². The van der Waals surface area contributed by atoms with Crippen molar-refractivity contribution in [1.82, 2.24) is 4.90 Å². The molecule has 3 aliphatic rings. The third-order valence-electron chi connectivity index (χ3n) is 8.62. The number of carbonyl (C=O) groups is 3. The van der Waals surface area contributed by atoms with Crippen molar-refractivity contribution in [3.63, 3.8) is 0 Å². The summed E-state index contributed by atoms with van der Waals surface area (Å²) in [5.74, 6) is -2.46. The number of nitro groups is 1. The van der Waals surface area contributed by atoms with E-state index in [2.05, 4.69) is 5.32 Å². The molecule has 0 aromatic heterocycles. The molecule has 0 unspecified atom stereocenters. The fourth-order valence-corrected chi connectivity index (χ4v) is 7.14. The summed E-state index contributed by atoms with van der Waals surface area (Å²) in [6, 6.07) is 25.0. The molecule has 3 heterocycles. The average Bonchev–Trinajstić information content (AvgIpc) is 3.49. The molecule has 1 fully saturated rings. The van der Waals surface area contributed by atoms with Crippen LogP contribution in [0.1, 0.15) is 43.4 Å². The van der Waals surface area contributed by atoms with Gasteiger partial charge in [0, 0.05) is 35.1 Å². The summed E-state index contributed by atoms with van der Waals surface area (Å²) in [6.45, 7) is 0. The highest BCUT2D eigenvalue weighted by molar-refractivity contribution is 6.34. The Bertz CT molecular complexity index is 1850. The molecule has 3 aliphatic heterocycles. The third-order valence-corrected chi connectivity index (χ3v) is 8.95. The number of nitro benzene ring substituents is 1. The second-order valence-corrected chi connectivity index (χ2v) is 11.0. The first-order chi connectivity index (χ1) is 20.3. The highest BCUT2D eigenvalue weighted by Crippen LogP contribution is 2.62. The summed E-state index contributed by atoms with van der Waals surface area (Å²) in [6.07, 6.45) is 3.66. The molecule has 1 saturated heterocycles. The molecule has 4 aromatic rings. The van der Waals surface area contributed by atoms with Crippen LogP contribution in [0.15, 0.2) is 103 Å². The summed E-state index contributed by atoms with van der Waals surface area (Å²) in [4.78, 5) is 56.4. The fourth-order valence-electron chi connectivity index (χ4n) is 6.92. The van der Waals surface area contributed by atoms with E-state index in [1.165, 1.54) is 24.3 Å². The number of halogens is 1. The first-order valence-corrected chi connectivity index (χ1v) is 13.7. The van der Waals surface area contributed by atoms with Crippen LogP contribution in [0, 0.1) is 16.0 Å². The lowest BCUT2D eigenvalue weighted by Crippen LogP contribution is -2.49. The van der Waals surface area contributed by atoms with Crippen molar-refractivity contribution in [2.75, 3.05) is 5.32 Å². The predicted molar refractivity (Wildman–Crippen MR) is 157 cm³/mol. The maximum absolute atomic E-state index is 14.7. The number of amides is 1. The smallest absolute Gasteiger partial charge is 0.269 e. The Morgan fingerprint density at radius 1 is 0.881 bits per heavy atom. The molecule has 7 rings (SSSR count). The van der Waals surface area contributed by atoms with E-state index in [0.29, 0.717) is 11.3 Å². The highest BCUT2D eigenvalue weighted by Gasteiger charge is 2.70. The van der Waals surface area contributed by atoms with Crippen molar-refractivity contribution < 1.29 is 19.3 Å². The van der Waals surface area contributed by atoms with Crippen molar-refractivity contribution in [2.45, 2.75) is 17.5 Å². The molecule has 0 radical (unpaired) electrons. The summed E-state index contributed by atoms with van der Waals surface area (Å²) < 4.78 is 0. The van der Waals surface area contributed by atoms with Gasteiger partial charge >= 0.3 is 0 Å². The number of Topliss-reactive ketones (excluding diaryl/α,β-unsaturated/α-hetero) is 2. The van der Waals surface area contributed by atoms with Gasteiger partial charge in [0.05, 0.1) is 21.9 Å². The SMILES string of the molecule is O=C(c1ccccc1Cl)[C@@H]1[C@H](C(=O)c2ccc([N+](=O)[O-])cc2)[C@]2(C(=O)Nc3ccccc32)[C@@H]2c3ccccc3C=CN12. The number of rotatable bonds is 5. The number of nitrogens with zero attached hydrogens (tertiary/aromatic N) is 2. The minimum Gasteiger partial charge on any atom is -0.358 e. The Hall–Kier alpha value is -5.08. The zero-order valence-corrected chi connectivity index (χ0v) is 22.7. The molecule has 1 N–H and O–H groups in total. The Balaban J connectivity index is 1.53. The second kappa shape index (κ2) is 9.49. The van der Waals surface area contributed by atoms with Gasteiger partial charge in [-0.2, -0.15) is 0 Å². The first-order valence-electron chi connectivity index (χ1n) is 13.4. The number of carbonyl (C=O) groups excluding carboxylic acids is 3. The van der Waals surface area contributed by atoms with Crippen molar-refractivity contribution in [3.8, 4) is 0 Å². The lowest BCUT2D eigenvalue weighted by Gasteiger charge is -2.38. The van der Waals surface area contributed by atoms with Crippen LogP contribution in [0.4, 0.5) is 11.4 Å². The molecule has 8 nitrogen and oxygen atoms in total. The topological polar surface area (TPSA) is 110 Å². The van der Waals surface area contributed by atoms with Gasteiger partial charge in [-0.15, -0.1) is 0 Å². The number of hydrogen-bond acceptors (Lipinski definition) is 6. The Morgan fingerprint density at radius 3 is 2.33 bits per heavy atom. The van der Waals surface area contributed by atoms with Crippen LogP contribution in [0.3, 0.4) is 0 Å². The van der Waals surface area contributed by atoms with Gasteiger partial charge in [-0.3, -0.25) is 24.5 Å². The van der Waals surface area contributed by atoms with Crippen LogP contribution in [-0.2, 0) is 10.2 Å². The van der Waals surface area contributed by atoms with Crippen LogP contribution in [0.25, 0.3) is 6.08 Å². The second-order valence-electron chi connectivity index (χ2n) is 10.6. The predicted octanol–water partition coefficient (Wildman–Crippen LogP) is 6.23.